The Morgan fingerprint density at radius 3 is 3.00 bits per heavy atom. The van der Waals surface area contributed by atoms with E-state index in [1.54, 1.807) is 6.07 Å². The predicted octanol–water partition coefficient (Wildman–Crippen LogP) is -0.0176. The molecule has 1 aromatic rings. The van der Waals surface area contributed by atoms with Gasteiger partial charge in [0, 0.05) is 31.4 Å². The molecule has 0 radical (unpaired) electrons. The molecule has 3 aliphatic rings. The summed E-state index contributed by atoms with van der Waals surface area (Å²) in [7, 11) is 1.36. The first-order valence-corrected chi connectivity index (χ1v) is 8.03. The number of carbonyl (C=O) groups excluding carboxylic acids is 2. The average Bonchev–Trinajstić information content (AvgIpc) is 3.22. The fourth-order valence-electron chi connectivity index (χ4n) is 4.83. The smallest absolute Gasteiger partial charge is 0.315 e. The first-order valence-electron chi connectivity index (χ1n) is 8.03. The Hall–Kier alpha value is -2.48. The molecule has 1 unspecified atom stereocenters. The molecule has 0 aromatic heterocycles. The highest BCUT2D eigenvalue weighted by molar-refractivity contribution is 6.05. The summed E-state index contributed by atoms with van der Waals surface area (Å²) in [6.07, 6.45) is 2.11. The lowest BCUT2D eigenvalue weighted by atomic mass is 9.84. The van der Waals surface area contributed by atoms with Crippen LogP contribution in [0.3, 0.4) is 0 Å². The van der Waals surface area contributed by atoms with Gasteiger partial charge < -0.3 is 15.0 Å². The number of rotatable bonds is 2. The number of benzene rings is 1. The SMILES string of the molecule is COC(=O)[C@@H]1C[C@@]2(C(=O)Nc3ccc([N+](=O)[O-])cc32)[NH+]2CCC[C@H]12. The summed E-state index contributed by atoms with van der Waals surface area (Å²) in [5.74, 6) is -0.835. The van der Waals surface area contributed by atoms with Gasteiger partial charge in [-0.05, 0) is 6.07 Å². The molecule has 3 heterocycles. The van der Waals surface area contributed by atoms with Gasteiger partial charge in [0.1, 0.15) is 12.0 Å². The van der Waals surface area contributed by atoms with E-state index in [0.29, 0.717) is 17.7 Å². The van der Waals surface area contributed by atoms with E-state index in [1.165, 1.54) is 19.2 Å². The Kier molecular flexibility index (Phi) is 3.14. The van der Waals surface area contributed by atoms with Crippen molar-refractivity contribution in [1.82, 2.24) is 0 Å². The molecule has 4 atom stereocenters. The second-order valence-electron chi connectivity index (χ2n) is 6.70. The van der Waals surface area contributed by atoms with Crippen molar-refractivity contribution >= 4 is 23.3 Å². The number of nitro benzene ring substituents is 1. The molecule has 0 saturated carbocycles. The van der Waals surface area contributed by atoms with Crippen LogP contribution < -0.4 is 10.2 Å². The quantitative estimate of drug-likeness (QED) is 0.450. The van der Waals surface area contributed by atoms with Gasteiger partial charge in [0.25, 0.3) is 11.6 Å². The lowest BCUT2D eigenvalue weighted by Gasteiger charge is -2.29. The van der Waals surface area contributed by atoms with Crippen LogP contribution in [-0.2, 0) is 19.9 Å². The average molecular weight is 332 g/mol. The number of nitrogens with one attached hydrogen (secondary N) is 2. The zero-order chi connectivity index (χ0) is 17.1. The van der Waals surface area contributed by atoms with Gasteiger partial charge in [-0.3, -0.25) is 19.7 Å². The highest BCUT2D eigenvalue weighted by Gasteiger charge is 2.67. The summed E-state index contributed by atoms with van der Waals surface area (Å²) in [5.41, 5.74) is 0.270. The minimum atomic E-state index is -0.929. The molecular formula is C16H18N3O5+. The Balaban J connectivity index is 1.86. The number of hydrogen-bond acceptors (Lipinski definition) is 5. The third kappa shape index (κ3) is 1.77. The van der Waals surface area contributed by atoms with Crippen molar-refractivity contribution in [3.8, 4) is 0 Å². The monoisotopic (exact) mass is 332 g/mol. The number of amides is 1. The minimum absolute atomic E-state index is 0.0217. The number of methoxy groups -OCH3 is 1. The molecule has 1 amide bonds. The van der Waals surface area contributed by atoms with E-state index in [0.717, 1.165) is 24.3 Å². The summed E-state index contributed by atoms with van der Waals surface area (Å²) in [6, 6.07) is 4.47. The number of quaternary nitrogens is 1. The number of ether oxygens (including phenoxy) is 1. The number of fused-ring (bicyclic) bond motifs is 4. The van der Waals surface area contributed by atoms with Gasteiger partial charge in [0.15, 0.2) is 0 Å². The van der Waals surface area contributed by atoms with Crippen LogP contribution in [-0.4, -0.2) is 36.5 Å². The molecule has 4 rings (SSSR count). The van der Waals surface area contributed by atoms with Crippen molar-refractivity contribution in [2.75, 3.05) is 19.0 Å². The van der Waals surface area contributed by atoms with Crippen molar-refractivity contribution in [2.24, 2.45) is 5.92 Å². The number of non-ortho nitro benzene ring substituents is 1. The number of nitrogens with zero attached hydrogens (tertiary/aromatic N) is 1. The van der Waals surface area contributed by atoms with Gasteiger partial charge in [-0.1, -0.05) is 0 Å². The summed E-state index contributed by atoms with van der Waals surface area (Å²) in [5, 5.41) is 14.0. The zero-order valence-electron chi connectivity index (χ0n) is 13.2. The fraction of sp³-hybridized carbons (Fsp3) is 0.500. The van der Waals surface area contributed by atoms with Gasteiger partial charge in [-0.15, -0.1) is 0 Å². The van der Waals surface area contributed by atoms with E-state index in [-0.39, 0.29) is 29.5 Å². The largest absolute Gasteiger partial charge is 0.469 e. The normalized spacial score (nSPS) is 33.2. The third-order valence-corrected chi connectivity index (χ3v) is 5.78. The van der Waals surface area contributed by atoms with Gasteiger partial charge >= 0.3 is 5.97 Å². The van der Waals surface area contributed by atoms with E-state index in [1.807, 2.05) is 0 Å². The third-order valence-electron chi connectivity index (χ3n) is 5.78. The van der Waals surface area contributed by atoms with E-state index in [2.05, 4.69) is 5.32 Å². The minimum Gasteiger partial charge on any atom is -0.469 e. The first-order chi connectivity index (χ1) is 11.5. The maximum absolute atomic E-state index is 12.9. The van der Waals surface area contributed by atoms with Crippen molar-refractivity contribution in [3.63, 3.8) is 0 Å². The number of hydrogen-bond donors (Lipinski definition) is 2. The van der Waals surface area contributed by atoms with E-state index >= 15 is 0 Å². The molecule has 8 nitrogen and oxygen atoms in total. The van der Waals surface area contributed by atoms with E-state index < -0.39 is 10.5 Å². The molecule has 3 aliphatic heterocycles. The molecule has 0 aliphatic carbocycles. The van der Waals surface area contributed by atoms with Crippen LogP contribution >= 0.6 is 0 Å². The van der Waals surface area contributed by atoms with Crippen molar-refractivity contribution in [3.05, 3.63) is 33.9 Å². The molecule has 0 bridgehead atoms. The van der Waals surface area contributed by atoms with Crippen LogP contribution in [0.2, 0.25) is 0 Å². The topological polar surface area (TPSA) is 103 Å². The first kappa shape index (κ1) is 15.1. The van der Waals surface area contributed by atoms with Crippen LogP contribution in [0.5, 0.6) is 0 Å². The Bertz CT molecular complexity index is 764. The molecular weight excluding hydrogens is 314 g/mol. The Morgan fingerprint density at radius 2 is 2.29 bits per heavy atom. The van der Waals surface area contributed by atoms with Gasteiger partial charge in [-0.25, -0.2) is 0 Å². The second-order valence-corrected chi connectivity index (χ2v) is 6.70. The molecule has 24 heavy (non-hydrogen) atoms. The summed E-state index contributed by atoms with van der Waals surface area (Å²) in [6.45, 7) is 0.772. The zero-order valence-corrected chi connectivity index (χ0v) is 13.2. The van der Waals surface area contributed by atoms with Crippen molar-refractivity contribution in [2.45, 2.75) is 30.8 Å². The number of anilines is 1. The maximum Gasteiger partial charge on any atom is 0.315 e. The highest BCUT2D eigenvalue weighted by Crippen LogP contribution is 2.45. The van der Waals surface area contributed by atoms with Gasteiger partial charge in [0.05, 0.1) is 29.8 Å². The molecule has 8 heteroatoms. The van der Waals surface area contributed by atoms with Crippen LogP contribution in [0.1, 0.15) is 24.8 Å². The lowest BCUT2D eigenvalue weighted by molar-refractivity contribution is -0.947. The molecule has 2 N–H and O–H groups in total. The molecule has 2 fully saturated rings. The summed E-state index contributed by atoms with van der Waals surface area (Å²) < 4.78 is 4.94. The standard InChI is InChI=1S/C16H17N3O5/c1-24-14(20)10-8-16(18-6-2-3-13(10)18)11-7-9(19(22)23)4-5-12(11)17-15(16)21/h4-5,7,10,13H,2-3,6,8H2,1H3,(H,17,21)/p+1/t10-,13-,16-/m1/s1. The molecule has 126 valence electrons. The predicted molar refractivity (Wildman–Crippen MR) is 82.4 cm³/mol. The number of esters is 1. The van der Waals surface area contributed by atoms with Gasteiger partial charge in [0.2, 0.25) is 5.54 Å². The lowest BCUT2D eigenvalue weighted by Crippen LogP contribution is -3.19. The highest BCUT2D eigenvalue weighted by atomic mass is 16.6. The maximum atomic E-state index is 12.9. The van der Waals surface area contributed by atoms with Crippen LogP contribution in [0.15, 0.2) is 18.2 Å². The molecule has 1 aromatic carbocycles. The van der Waals surface area contributed by atoms with Crippen LogP contribution in [0, 0.1) is 16.0 Å². The molecule has 1 spiro atoms. The Morgan fingerprint density at radius 1 is 1.50 bits per heavy atom. The second kappa shape index (κ2) is 5.01. The van der Waals surface area contributed by atoms with Crippen LogP contribution in [0.4, 0.5) is 11.4 Å². The Labute approximate surface area is 137 Å². The van der Waals surface area contributed by atoms with Crippen LogP contribution in [0.25, 0.3) is 0 Å². The van der Waals surface area contributed by atoms with Crippen molar-refractivity contribution in [1.29, 1.82) is 0 Å². The van der Waals surface area contributed by atoms with E-state index in [9.17, 15) is 19.7 Å². The number of carbonyl (C=O) groups is 2. The van der Waals surface area contributed by atoms with Crippen molar-refractivity contribution < 1.29 is 24.1 Å². The fourth-order valence-corrected chi connectivity index (χ4v) is 4.83. The molecule has 2 saturated heterocycles. The number of nitro groups is 1. The summed E-state index contributed by atoms with van der Waals surface area (Å²) in [4.78, 5) is 36.8. The van der Waals surface area contributed by atoms with E-state index in [4.69, 9.17) is 4.74 Å². The van der Waals surface area contributed by atoms with Gasteiger partial charge in [-0.2, -0.15) is 0 Å². The summed E-state index contributed by atoms with van der Waals surface area (Å²) >= 11 is 0.